The van der Waals surface area contributed by atoms with Crippen molar-refractivity contribution in [3.63, 3.8) is 0 Å². The van der Waals surface area contributed by atoms with E-state index in [2.05, 4.69) is 6.92 Å². The molecule has 0 aromatic rings. The van der Waals surface area contributed by atoms with Gasteiger partial charge in [0.15, 0.2) is 0 Å². The average Bonchev–Trinajstić information content (AvgIpc) is 2.31. The highest BCUT2D eigenvalue weighted by atomic mass is 35.5. The highest BCUT2D eigenvalue weighted by molar-refractivity contribution is 6.17. The molecule has 0 unspecified atom stereocenters. The lowest BCUT2D eigenvalue weighted by Crippen LogP contribution is -2.11. The third-order valence-electron chi connectivity index (χ3n) is 1.84. The molecule has 0 heterocycles. The largest absolute Gasteiger partial charge is 0.379 e. The van der Waals surface area contributed by atoms with Gasteiger partial charge in [-0.2, -0.15) is 0 Å². The fourth-order valence-electron chi connectivity index (χ4n) is 0.961. The molecule has 5 heteroatoms. The van der Waals surface area contributed by atoms with E-state index in [0.29, 0.717) is 39.6 Å². The number of rotatable bonds is 13. The van der Waals surface area contributed by atoms with Crippen LogP contribution in [0.25, 0.3) is 0 Å². The molecule has 0 fully saturated rings. The zero-order chi connectivity index (χ0) is 11.9. The number of halogens is 1. The van der Waals surface area contributed by atoms with Gasteiger partial charge in [-0.15, -0.1) is 0 Å². The lowest BCUT2D eigenvalue weighted by Gasteiger charge is -2.06. The Hall–Kier alpha value is 0.130. The van der Waals surface area contributed by atoms with Gasteiger partial charge in [-0.05, 0) is 6.42 Å². The van der Waals surface area contributed by atoms with Crippen LogP contribution in [0, 0.1) is 0 Å². The summed E-state index contributed by atoms with van der Waals surface area (Å²) < 4.78 is 20.8. The maximum absolute atomic E-state index is 5.33. The summed E-state index contributed by atoms with van der Waals surface area (Å²) in [5, 5.41) is 0. The second-order valence-corrected chi connectivity index (χ2v) is 3.43. The maximum Gasteiger partial charge on any atom is 0.120 e. The van der Waals surface area contributed by atoms with Crippen LogP contribution in [-0.2, 0) is 18.9 Å². The minimum Gasteiger partial charge on any atom is -0.379 e. The molecular weight excluding hydrogens is 232 g/mol. The summed E-state index contributed by atoms with van der Waals surface area (Å²) in [4.78, 5) is 0. The van der Waals surface area contributed by atoms with Gasteiger partial charge in [0.25, 0.3) is 0 Å². The fraction of sp³-hybridized carbons (Fsp3) is 1.00. The van der Waals surface area contributed by atoms with Crippen molar-refractivity contribution in [2.75, 3.05) is 52.3 Å². The Bertz CT molecular complexity index is 111. The minimum absolute atomic E-state index is 0.217. The molecule has 0 aromatic heterocycles. The Balaban J connectivity index is 2.83. The predicted octanol–water partition coefficient (Wildman–Crippen LogP) is 2.05. The van der Waals surface area contributed by atoms with Gasteiger partial charge in [0.1, 0.15) is 6.07 Å². The Morgan fingerprint density at radius 3 is 1.56 bits per heavy atom. The third-order valence-corrected chi connectivity index (χ3v) is 1.99. The van der Waals surface area contributed by atoms with Gasteiger partial charge in [0.2, 0.25) is 0 Å². The van der Waals surface area contributed by atoms with Gasteiger partial charge in [-0.1, -0.05) is 24.9 Å². The third kappa shape index (κ3) is 14.1. The van der Waals surface area contributed by atoms with Crippen LogP contribution in [0.3, 0.4) is 0 Å². The van der Waals surface area contributed by atoms with Gasteiger partial charge in [0.05, 0.1) is 39.6 Å². The first kappa shape index (κ1) is 16.1. The van der Waals surface area contributed by atoms with E-state index >= 15 is 0 Å². The lowest BCUT2D eigenvalue weighted by atomic mass is 10.4. The molecule has 0 saturated carbocycles. The molecule has 4 nitrogen and oxygen atoms in total. The summed E-state index contributed by atoms with van der Waals surface area (Å²) in [5.41, 5.74) is 0. The van der Waals surface area contributed by atoms with Gasteiger partial charge in [0, 0.05) is 6.61 Å². The van der Waals surface area contributed by atoms with Crippen LogP contribution >= 0.6 is 11.6 Å². The predicted molar refractivity (Wildman–Crippen MR) is 64.0 cm³/mol. The second kappa shape index (κ2) is 15.1. The quantitative estimate of drug-likeness (QED) is 0.372. The van der Waals surface area contributed by atoms with Crippen LogP contribution in [0.2, 0.25) is 0 Å². The van der Waals surface area contributed by atoms with E-state index in [1.54, 1.807) is 0 Å². The first-order valence-electron chi connectivity index (χ1n) is 5.78. The second-order valence-electron chi connectivity index (χ2n) is 3.21. The standard InChI is InChI=1S/C11H23ClO4/c1-2-3-4-13-5-6-14-7-8-15-9-10-16-11-12/h2-11H2,1H3. The smallest absolute Gasteiger partial charge is 0.120 e. The molecule has 0 aliphatic rings. The molecule has 0 bridgehead atoms. The average molecular weight is 255 g/mol. The molecule has 0 amide bonds. The van der Waals surface area contributed by atoms with Crippen molar-refractivity contribution in [1.82, 2.24) is 0 Å². The summed E-state index contributed by atoms with van der Waals surface area (Å²) in [6.45, 7) is 6.53. The number of unbranched alkanes of at least 4 members (excludes halogenated alkanes) is 1. The molecule has 0 rings (SSSR count). The van der Waals surface area contributed by atoms with Crippen LogP contribution in [0.5, 0.6) is 0 Å². The van der Waals surface area contributed by atoms with E-state index in [9.17, 15) is 0 Å². The molecule has 0 aliphatic carbocycles. The van der Waals surface area contributed by atoms with Gasteiger partial charge < -0.3 is 18.9 Å². The first-order chi connectivity index (χ1) is 7.91. The van der Waals surface area contributed by atoms with Crippen LogP contribution in [0.4, 0.5) is 0 Å². The zero-order valence-corrected chi connectivity index (χ0v) is 10.8. The number of hydrogen-bond acceptors (Lipinski definition) is 4. The van der Waals surface area contributed by atoms with Crippen LogP contribution in [-0.4, -0.2) is 52.3 Å². The highest BCUT2D eigenvalue weighted by Gasteiger charge is 1.91. The van der Waals surface area contributed by atoms with E-state index in [1.165, 1.54) is 6.42 Å². The molecule has 0 atom stereocenters. The van der Waals surface area contributed by atoms with Crippen molar-refractivity contribution < 1.29 is 18.9 Å². The molecule has 98 valence electrons. The van der Waals surface area contributed by atoms with Crippen molar-refractivity contribution >= 4 is 11.6 Å². The van der Waals surface area contributed by atoms with E-state index in [1.807, 2.05) is 0 Å². The van der Waals surface area contributed by atoms with Crippen molar-refractivity contribution in [3.05, 3.63) is 0 Å². The van der Waals surface area contributed by atoms with Gasteiger partial charge >= 0.3 is 0 Å². The highest BCUT2D eigenvalue weighted by Crippen LogP contribution is 1.88. The Morgan fingerprint density at radius 1 is 0.688 bits per heavy atom. The summed E-state index contributed by atoms with van der Waals surface area (Å²) in [7, 11) is 0. The van der Waals surface area contributed by atoms with E-state index in [0.717, 1.165) is 13.0 Å². The van der Waals surface area contributed by atoms with Crippen molar-refractivity contribution in [3.8, 4) is 0 Å². The molecule has 0 radical (unpaired) electrons. The van der Waals surface area contributed by atoms with Crippen LogP contribution in [0.1, 0.15) is 19.8 Å². The topological polar surface area (TPSA) is 36.9 Å². The fourth-order valence-corrected chi connectivity index (χ4v) is 1.07. The molecule has 0 spiro atoms. The van der Waals surface area contributed by atoms with E-state index in [-0.39, 0.29) is 6.07 Å². The Morgan fingerprint density at radius 2 is 1.12 bits per heavy atom. The van der Waals surface area contributed by atoms with Crippen molar-refractivity contribution in [2.45, 2.75) is 19.8 Å². The summed E-state index contributed by atoms with van der Waals surface area (Å²) >= 11 is 5.32. The maximum atomic E-state index is 5.33. The van der Waals surface area contributed by atoms with Crippen molar-refractivity contribution in [1.29, 1.82) is 0 Å². The summed E-state index contributed by atoms with van der Waals surface area (Å²) in [6.07, 6.45) is 2.28. The number of alkyl halides is 1. The molecule has 0 aromatic carbocycles. The molecule has 0 aliphatic heterocycles. The van der Waals surface area contributed by atoms with E-state index < -0.39 is 0 Å². The van der Waals surface area contributed by atoms with Crippen molar-refractivity contribution in [2.24, 2.45) is 0 Å². The number of hydrogen-bond donors (Lipinski definition) is 0. The molecule has 0 saturated heterocycles. The molecular formula is C11H23ClO4. The van der Waals surface area contributed by atoms with Crippen LogP contribution in [0.15, 0.2) is 0 Å². The SMILES string of the molecule is CCCCOCCOCCOCCOCCl. The van der Waals surface area contributed by atoms with Gasteiger partial charge in [-0.25, -0.2) is 0 Å². The molecule has 16 heavy (non-hydrogen) atoms. The lowest BCUT2D eigenvalue weighted by molar-refractivity contribution is 0.00198. The Kier molecular flexibility index (Phi) is 15.3. The Labute approximate surface area is 103 Å². The first-order valence-corrected chi connectivity index (χ1v) is 6.32. The van der Waals surface area contributed by atoms with Gasteiger partial charge in [-0.3, -0.25) is 0 Å². The number of ether oxygens (including phenoxy) is 4. The normalized spacial score (nSPS) is 10.9. The molecule has 0 N–H and O–H groups in total. The monoisotopic (exact) mass is 254 g/mol. The summed E-state index contributed by atoms with van der Waals surface area (Å²) in [6, 6.07) is 0.217. The summed E-state index contributed by atoms with van der Waals surface area (Å²) in [5.74, 6) is 0. The van der Waals surface area contributed by atoms with Crippen LogP contribution < -0.4 is 0 Å². The van der Waals surface area contributed by atoms with E-state index in [4.69, 9.17) is 30.5 Å². The minimum atomic E-state index is 0.217. The zero-order valence-electron chi connectivity index (χ0n) is 10.1.